The number of aliphatic hydroxyl groups is 1. The molecule has 1 N–H and O–H groups in total. The standard InChI is InChI=1S/C21H26N4O/c1-13-7-9-17(10-8-13)19-16(4)23-25-20(19)22-15(3)14(2)21(25)24-11-5-6-18(26)12-24/h7-10,18,26H,5-6,11-12H2,1-4H3/t18-/m0/s1. The van der Waals surface area contributed by atoms with Gasteiger partial charge in [0.15, 0.2) is 5.65 Å². The fraction of sp³-hybridized carbons (Fsp3) is 0.429. The summed E-state index contributed by atoms with van der Waals surface area (Å²) in [6.07, 6.45) is 1.59. The lowest BCUT2D eigenvalue weighted by Crippen LogP contribution is -2.40. The highest BCUT2D eigenvalue weighted by atomic mass is 16.3. The highest BCUT2D eigenvalue weighted by Crippen LogP contribution is 2.33. The number of piperidine rings is 1. The molecule has 1 aromatic carbocycles. The van der Waals surface area contributed by atoms with Gasteiger partial charge in [0.2, 0.25) is 0 Å². The summed E-state index contributed by atoms with van der Waals surface area (Å²) >= 11 is 0. The maximum atomic E-state index is 10.2. The normalized spacial score (nSPS) is 17.9. The largest absolute Gasteiger partial charge is 0.391 e. The second kappa shape index (κ2) is 6.40. The van der Waals surface area contributed by atoms with Gasteiger partial charge in [-0.25, -0.2) is 4.98 Å². The molecule has 136 valence electrons. The van der Waals surface area contributed by atoms with Gasteiger partial charge in [-0.2, -0.15) is 9.61 Å². The van der Waals surface area contributed by atoms with Gasteiger partial charge in [0.25, 0.3) is 0 Å². The zero-order valence-electron chi connectivity index (χ0n) is 16.0. The highest BCUT2D eigenvalue weighted by molar-refractivity contribution is 5.81. The van der Waals surface area contributed by atoms with Gasteiger partial charge < -0.3 is 10.0 Å². The van der Waals surface area contributed by atoms with Crippen molar-refractivity contribution < 1.29 is 5.11 Å². The molecule has 1 atom stereocenters. The fourth-order valence-corrected chi connectivity index (χ4v) is 3.91. The maximum Gasteiger partial charge on any atom is 0.165 e. The SMILES string of the molecule is Cc1ccc(-c2c(C)nn3c(N4CCC[C@H](O)C4)c(C)c(C)nc23)cc1. The number of aliphatic hydroxyl groups excluding tert-OH is 1. The molecule has 4 rings (SSSR count). The Morgan fingerprint density at radius 3 is 2.46 bits per heavy atom. The first-order valence-corrected chi connectivity index (χ1v) is 9.32. The smallest absolute Gasteiger partial charge is 0.165 e. The summed E-state index contributed by atoms with van der Waals surface area (Å²) in [7, 11) is 0. The molecule has 1 aliphatic rings. The number of nitrogens with zero attached hydrogens (tertiary/aromatic N) is 4. The quantitative estimate of drug-likeness (QED) is 0.767. The summed E-state index contributed by atoms with van der Waals surface area (Å²) in [6, 6.07) is 8.53. The van der Waals surface area contributed by atoms with Crippen LogP contribution in [0.3, 0.4) is 0 Å². The first-order chi connectivity index (χ1) is 12.5. The van der Waals surface area contributed by atoms with Crippen molar-refractivity contribution in [1.82, 2.24) is 14.6 Å². The van der Waals surface area contributed by atoms with E-state index in [2.05, 4.69) is 49.9 Å². The molecule has 1 fully saturated rings. The van der Waals surface area contributed by atoms with Crippen LogP contribution in [0.4, 0.5) is 5.82 Å². The summed E-state index contributed by atoms with van der Waals surface area (Å²) in [6.45, 7) is 9.89. The molecule has 1 saturated heterocycles. The molecule has 0 amide bonds. The summed E-state index contributed by atoms with van der Waals surface area (Å²) in [4.78, 5) is 7.14. The molecule has 0 bridgehead atoms. The molecule has 0 unspecified atom stereocenters. The maximum absolute atomic E-state index is 10.2. The minimum atomic E-state index is -0.278. The second-order valence-corrected chi connectivity index (χ2v) is 7.45. The van der Waals surface area contributed by atoms with Crippen LogP contribution in [-0.2, 0) is 0 Å². The third-order valence-electron chi connectivity index (χ3n) is 5.42. The number of hydrogen-bond donors (Lipinski definition) is 1. The Morgan fingerprint density at radius 1 is 1.04 bits per heavy atom. The van der Waals surface area contributed by atoms with E-state index in [9.17, 15) is 5.11 Å². The van der Waals surface area contributed by atoms with Crippen molar-refractivity contribution in [3.8, 4) is 11.1 Å². The average Bonchev–Trinajstić information content (AvgIpc) is 2.92. The number of fused-ring (bicyclic) bond motifs is 1. The molecule has 0 radical (unpaired) electrons. The topological polar surface area (TPSA) is 53.7 Å². The van der Waals surface area contributed by atoms with Gasteiger partial charge in [-0.1, -0.05) is 29.8 Å². The lowest BCUT2D eigenvalue weighted by Gasteiger charge is -2.33. The van der Waals surface area contributed by atoms with Gasteiger partial charge in [0.05, 0.1) is 11.8 Å². The molecule has 1 aliphatic heterocycles. The van der Waals surface area contributed by atoms with Crippen molar-refractivity contribution in [3.63, 3.8) is 0 Å². The monoisotopic (exact) mass is 350 g/mol. The molecule has 26 heavy (non-hydrogen) atoms. The second-order valence-electron chi connectivity index (χ2n) is 7.45. The molecular formula is C21H26N4O. The Hall–Kier alpha value is -2.40. The van der Waals surface area contributed by atoms with Crippen LogP contribution in [0.25, 0.3) is 16.8 Å². The Morgan fingerprint density at radius 2 is 1.77 bits per heavy atom. The Bertz CT molecular complexity index is 959. The van der Waals surface area contributed by atoms with Crippen molar-refractivity contribution in [2.75, 3.05) is 18.0 Å². The lowest BCUT2D eigenvalue weighted by atomic mass is 10.0. The van der Waals surface area contributed by atoms with Crippen molar-refractivity contribution in [1.29, 1.82) is 0 Å². The van der Waals surface area contributed by atoms with E-state index in [1.807, 2.05) is 11.4 Å². The van der Waals surface area contributed by atoms with Gasteiger partial charge >= 0.3 is 0 Å². The van der Waals surface area contributed by atoms with E-state index in [0.29, 0.717) is 6.54 Å². The van der Waals surface area contributed by atoms with Crippen LogP contribution in [0.5, 0.6) is 0 Å². The third-order valence-corrected chi connectivity index (χ3v) is 5.42. The molecule has 0 spiro atoms. The van der Waals surface area contributed by atoms with E-state index in [4.69, 9.17) is 10.1 Å². The number of rotatable bonds is 2. The number of β-amino-alcohol motifs (C(OH)–C–C–N with tert-alkyl or cyclic N) is 1. The lowest BCUT2D eigenvalue weighted by molar-refractivity contribution is 0.153. The minimum absolute atomic E-state index is 0.278. The summed E-state index contributed by atoms with van der Waals surface area (Å²) < 4.78 is 1.98. The molecule has 5 heteroatoms. The van der Waals surface area contributed by atoms with Crippen LogP contribution >= 0.6 is 0 Å². The molecule has 3 heterocycles. The predicted octanol–water partition coefficient (Wildman–Crippen LogP) is 3.59. The van der Waals surface area contributed by atoms with Crippen LogP contribution < -0.4 is 4.90 Å². The molecule has 5 nitrogen and oxygen atoms in total. The molecule has 3 aromatic rings. The predicted molar refractivity (Wildman–Crippen MR) is 105 cm³/mol. The summed E-state index contributed by atoms with van der Waals surface area (Å²) in [5.41, 5.74) is 7.49. The zero-order chi connectivity index (χ0) is 18.4. The van der Waals surface area contributed by atoms with Crippen molar-refractivity contribution >= 4 is 11.5 Å². The fourth-order valence-electron chi connectivity index (χ4n) is 3.91. The Kier molecular flexibility index (Phi) is 4.19. The molecular weight excluding hydrogens is 324 g/mol. The highest BCUT2D eigenvalue weighted by Gasteiger charge is 2.25. The van der Waals surface area contributed by atoms with Gasteiger partial charge in [0.1, 0.15) is 5.82 Å². The van der Waals surface area contributed by atoms with Crippen molar-refractivity contribution in [3.05, 3.63) is 46.8 Å². The number of anilines is 1. The van der Waals surface area contributed by atoms with E-state index >= 15 is 0 Å². The summed E-state index contributed by atoms with van der Waals surface area (Å²) in [5, 5.41) is 15.0. The average molecular weight is 350 g/mol. The van der Waals surface area contributed by atoms with Gasteiger partial charge in [-0.05, 0) is 46.1 Å². The van der Waals surface area contributed by atoms with Crippen LogP contribution in [0.2, 0.25) is 0 Å². The molecule has 0 saturated carbocycles. The molecule has 2 aromatic heterocycles. The third kappa shape index (κ3) is 2.76. The first kappa shape index (κ1) is 17.0. The van der Waals surface area contributed by atoms with Gasteiger partial charge in [-0.3, -0.25) is 0 Å². The van der Waals surface area contributed by atoms with Crippen LogP contribution in [0, 0.1) is 27.7 Å². The van der Waals surface area contributed by atoms with E-state index in [1.165, 1.54) is 5.56 Å². The summed E-state index contributed by atoms with van der Waals surface area (Å²) in [5.74, 6) is 1.06. The number of hydrogen-bond acceptors (Lipinski definition) is 4. The van der Waals surface area contributed by atoms with E-state index in [-0.39, 0.29) is 6.10 Å². The zero-order valence-corrected chi connectivity index (χ0v) is 16.0. The number of aromatic nitrogens is 3. The van der Waals surface area contributed by atoms with E-state index in [1.54, 1.807) is 0 Å². The van der Waals surface area contributed by atoms with Crippen LogP contribution in [-0.4, -0.2) is 38.9 Å². The van der Waals surface area contributed by atoms with E-state index < -0.39 is 0 Å². The first-order valence-electron chi connectivity index (χ1n) is 9.32. The van der Waals surface area contributed by atoms with Gasteiger partial charge in [-0.15, -0.1) is 0 Å². The van der Waals surface area contributed by atoms with Crippen molar-refractivity contribution in [2.24, 2.45) is 0 Å². The van der Waals surface area contributed by atoms with Gasteiger partial charge in [0, 0.05) is 29.9 Å². The number of aryl methyl sites for hydroxylation is 3. The minimum Gasteiger partial charge on any atom is -0.391 e. The molecule has 0 aliphatic carbocycles. The van der Waals surface area contributed by atoms with Crippen LogP contribution in [0.15, 0.2) is 24.3 Å². The Balaban J connectivity index is 1.94. The van der Waals surface area contributed by atoms with E-state index in [0.717, 1.165) is 58.9 Å². The Labute approximate surface area is 154 Å². The van der Waals surface area contributed by atoms with Crippen LogP contribution in [0.1, 0.15) is 35.4 Å². The van der Waals surface area contributed by atoms with Crippen molar-refractivity contribution in [2.45, 2.75) is 46.6 Å². The number of benzene rings is 1.